The van der Waals surface area contributed by atoms with Gasteiger partial charge in [0.2, 0.25) is 5.13 Å². The van der Waals surface area contributed by atoms with Crippen LogP contribution in [-0.4, -0.2) is 40.8 Å². The number of hydrogen-bond donors (Lipinski definition) is 3. The van der Waals surface area contributed by atoms with Gasteiger partial charge in [-0.1, -0.05) is 36.0 Å². The Labute approximate surface area is 151 Å². The monoisotopic (exact) mass is 360 g/mol. The van der Waals surface area contributed by atoms with E-state index in [1.807, 2.05) is 18.2 Å². The van der Waals surface area contributed by atoms with Gasteiger partial charge in [0, 0.05) is 25.2 Å². The molecule has 2 amide bonds. The van der Waals surface area contributed by atoms with Crippen molar-refractivity contribution in [1.29, 1.82) is 0 Å². The highest BCUT2D eigenvalue weighted by Gasteiger charge is 2.13. The summed E-state index contributed by atoms with van der Waals surface area (Å²) in [6.07, 6.45) is 4.45. The van der Waals surface area contributed by atoms with Crippen LogP contribution in [0.4, 0.5) is 15.6 Å². The summed E-state index contributed by atoms with van der Waals surface area (Å²) in [5, 5.41) is 14.8. The van der Waals surface area contributed by atoms with Gasteiger partial charge in [0.25, 0.3) is 0 Å². The van der Waals surface area contributed by atoms with E-state index in [1.54, 1.807) is 0 Å². The van der Waals surface area contributed by atoms with Crippen LogP contribution in [0.25, 0.3) is 0 Å². The Bertz CT molecular complexity index is 698. The second-order valence-corrected chi connectivity index (χ2v) is 7.25. The van der Waals surface area contributed by atoms with E-state index in [2.05, 4.69) is 31.8 Å². The Balaban J connectivity index is 1.50. The first kappa shape index (κ1) is 17.6. The lowest BCUT2D eigenvalue weighted by atomic mass is 10.1. The van der Waals surface area contributed by atoms with Crippen molar-refractivity contribution in [2.24, 2.45) is 0 Å². The number of hydrogen-bond acceptors (Lipinski definition) is 6. The lowest BCUT2D eigenvalue weighted by molar-refractivity contribution is 0.221. The van der Waals surface area contributed by atoms with Crippen molar-refractivity contribution in [3.05, 3.63) is 34.8 Å². The number of urea groups is 1. The second kappa shape index (κ2) is 8.77. The molecule has 0 saturated carbocycles. The zero-order valence-corrected chi connectivity index (χ0v) is 15.0. The molecule has 2 heterocycles. The number of carbonyl (C=O) groups is 1. The van der Waals surface area contributed by atoms with Gasteiger partial charge in [-0.2, -0.15) is 0 Å². The van der Waals surface area contributed by atoms with Crippen molar-refractivity contribution < 1.29 is 4.79 Å². The van der Waals surface area contributed by atoms with Crippen LogP contribution in [0.1, 0.15) is 29.8 Å². The van der Waals surface area contributed by atoms with Crippen LogP contribution in [-0.2, 0) is 13.0 Å². The number of carbonyl (C=O) groups excluding carboxylic acids is 1. The summed E-state index contributed by atoms with van der Waals surface area (Å²) in [5.74, 6) is 0. The molecule has 25 heavy (non-hydrogen) atoms. The maximum absolute atomic E-state index is 12.2. The number of nitrogens with zero attached hydrogens (tertiary/aromatic N) is 3. The molecule has 2 aromatic rings. The Morgan fingerprint density at radius 1 is 1.20 bits per heavy atom. The summed E-state index contributed by atoms with van der Waals surface area (Å²) in [5.41, 5.74) is 7.56. The van der Waals surface area contributed by atoms with Crippen LogP contribution >= 0.6 is 11.3 Å². The van der Waals surface area contributed by atoms with Gasteiger partial charge in [0.15, 0.2) is 0 Å². The van der Waals surface area contributed by atoms with Crippen molar-refractivity contribution in [1.82, 2.24) is 20.4 Å². The van der Waals surface area contributed by atoms with Crippen molar-refractivity contribution >= 4 is 28.2 Å². The fourth-order valence-corrected chi connectivity index (χ4v) is 3.56. The number of aromatic nitrogens is 2. The number of likely N-dealkylation sites (tertiary alicyclic amines) is 1. The Hall–Kier alpha value is -2.19. The van der Waals surface area contributed by atoms with Gasteiger partial charge in [0.05, 0.1) is 0 Å². The van der Waals surface area contributed by atoms with Crippen molar-refractivity contribution in [3.8, 4) is 0 Å². The molecule has 3 rings (SSSR count). The number of amides is 2. The van der Waals surface area contributed by atoms with E-state index in [1.165, 1.54) is 30.6 Å². The topological polar surface area (TPSA) is 96.2 Å². The maximum atomic E-state index is 12.2. The summed E-state index contributed by atoms with van der Waals surface area (Å²) in [6, 6.07) is 7.78. The van der Waals surface area contributed by atoms with Gasteiger partial charge < -0.3 is 16.4 Å². The van der Waals surface area contributed by atoms with Crippen molar-refractivity contribution in [3.63, 3.8) is 0 Å². The Morgan fingerprint density at radius 3 is 2.76 bits per heavy atom. The summed E-state index contributed by atoms with van der Waals surface area (Å²) in [7, 11) is 0. The fourth-order valence-electron chi connectivity index (χ4n) is 2.96. The smallest absolute Gasteiger partial charge is 0.319 e. The number of nitrogen functional groups attached to an aromatic ring is 1. The number of piperidine rings is 1. The molecule has 0 aliphatic carbocycles. The normalized spacial score (nSPS) is 15.0. The minimum Gasteiger partial charge on any atom is -0.374 e. The van der Waals surface area contributed by atoms with Gasteiger partial charge in [-0.05, 0) is 37.6 Å². The molecule has 0 bridgehead atoms. The molecule has 1 aliphatic heterocycles. The molecule has 8 heteroatoms. The lowest BCUT2D eigenvalue weighted by Crippen LogP contribution is -2.32. The minimum atomic E-state index is -0.205. The summed E-state index contributed by atoms with van der Waals surface area (Å²) in [6.45, 7) is 3.63. The van der Waals surface area contributed by atoms with E-state index in [-0.39, 0.29) is 6.03 Å². The Kier molecular flexibility index (Phi) is 6.19. The molecular formula is C17H24N6OS. The molecule has 0 spiro atoms. The summed E-state index contributed by atoms with van der Waals surface area (Å²) < 4.78 is 0. The SMILES string of the molecule is Nc1nnc(CCNC(=O)Nc2ccccc2CN2CCCCC2)s1. The Morgan fingerprint density at radius 2 is 2.00 bits per heavy atom. The molecule has 1 saturated heterocycles. The zero-order valence-electron chi connectivity index (χ0n) is 14.2. The zero-order chi connectivity index (χ0) is 17.5. The molecule has 134 valence electrons. The molecule has 0 atom stereocenters. The average Bonchev–Trinajstić information content (AvgIpc) is 3.03. The van der Waals surface area contributed by atoms with E-state index < -0.39 is 0 Å². The third kappa shape index (κ3) is 5.40. The van der Waals surface area contributed by atoms with Crippen LogP contribution in [0.3, 0.4) is 0 Å². The van der Waals surface area contributed by atoms with E-state index in [0.717, 1.165) is 35.9 Å². The molecule has 1 fully saturated rings. The first-order chi connectivity index (χ1) is 12.2. The highest BCUT2D eigenvalue weighted by Crippen LogP contribution is 2.19. The van der Waals surface area contributed by atoms with Gasteiger partial charge in [-0.3, -0.25) is 4.90 Å². The first-order valence-electron chi connectivity index (χ1n) is 8.63. The van der Waals surface area contributed by atoms with Gasteiger partial charge in [-0.15, -0.1) is 10.2 Å². The second-order valence-electron chi connectivity index (χ2n) is 6.16. The summed E-state index contributed by atoms with van der Waals surface area (Å²) >= 11 is 1.34. The minimum absolute atomic E-state index is 0.205. The molecule has 0 radical (unpaired) electrons. The molecular weight excluding hydrogens is 336 g/mol. The standard InChI is InChI=1S/C17H24N6OS/c18-16-22-21-15(25-16)8-9-19-17(24)20-14-7-3-2-6-13(14)12-23-10-4-1-5-11-23/h2-3,6-7H,1,4-5,8-12H2,(H2,18,22)(H2,19,20,24). The van der Waals surface area contributed by atoms with Crippen LogP contribution in [0.2, 0.25) is 0 Å². The third-order valence-electron chi connectivity index (χ3n) is 4.22. The molecule has 0 unspecified atom stereocenters. The fraction of sp³-hybridized carbons (Fsp3) is 0.471. The number of nitrogens with two attached hydrogens (primary N) is 1. The number of benzene rings is 1. The predicted octanol–water partition coefficient (Wildman–Crippen LogP) is 2.47. The number of anilines is 2. The third-order valence-corrected chi connectivity index (χ3v) is 5.03. The highest BCUT2D eigenvalue weighted by atomic mass is 32.1. The number of para-hydroxylation sites is 1. The molecule has 1 aliphatic rings. The lowest BCUT2D eigenvalue weighted by Gasteiger charge is -2.27. The molecule has 1 aromatic carbocycles. The first-order valence-corrected chi connectivity index (χ1v) is 9.45. The van der Waals surface area contributed by atoms with Crippen LogP contribution < -0.4 is 16.4 Å². The molecule has 7 nitrogen and oxygen atoms in total. The van der Waals surface area contributed by atoms with Crippen LogP contribution in [0.15, 0.2) is 24.3 Å². The van der Waals surface area contributed by atoms with Gasteiger partial charge >= 0.3 is 6.03 Å². The van der Waals surface area contributed by atoms with Crippen LogP contribution in [0.5, 0.6) is 0 Å². The summed E-state index contributed by atoms with van der Waals surface area (Å²) in [4.78, 5) is 14.6. The number of rotatable bonds is 6. The molecule has 1 aromatic heterocycles. The largest absolute Gasteiger partial charge is 0.374 e. The number of nitrogens with one attached hydrogen (secondary N) is 2. The van der Waals surface area contributed by atoms with Crippen molar-refractivity contribution in [2.45, 2.75) is 32.2 Å². The van der Waals surface area contributed by atoms with Crippen molar-refractivity contribution in [2.75, 3.05) is 30.7 Å². The van der Waals surface area contributed by atoms with Gasteiger partial charge in [0.1, 0.15) is 5.01 Å². The van der Waals surface area contributed by atoms with E-state index in [0.29, 0.717) is 18.1 Å². The van der Waals surface area contributed by atoms with Gasteiger partial charge in [-0.25, -0.2) is 4.79 Å². The predicted molar refractivity (Wildman–Crippen MR) is 101 cm³/mol. The van der Waals surface area contributed by atoms with Crippen LogP contribution in [0, 0.1) is 0 Å². The van der Waals surface area contributed by atoms with E-state index in [9.17, 15) is 4.79 Å². The maximum Gasteiger partial charge on any atom is 0.319 e. The quantitative estimate of drug-likeness (QED) is 0.735. The highest BCUT2D eigenvalue weighted by molar-refractivity contribution is 7.15. The van der Waals surface area contributed by atoms with E-state index >= 15 is 0 Å². The van der Waals surface area contributed by atoms with E-state index in [4.69, 9.17) is 5.73 Å². The average molecular weight is 360 g/mol. The molecule has 4 N–H and O–H groups in total.